The molecule has 1 N–H and O–H groups in total. The van der Waals surface area contributed by atoms with Gasteiger partial charge in [0, 0.05) is 12.6 Å². The zero-order chi connectivity index (χ0) is 15.1. The van der Waals surface area contributed by atoms with E-state index >= 15 is 0 Å². The van der Waals surface area contributed by atoms with Crippen molar-refractivity contribution in [2.24, 2.45) is 0 Å². The number of nitrogens with one attached hydrogen (secondary N) is 1. The van der Waals surface area contributed by atoms with Crippen LogP contribution in [-0.2, 0) is 6.42 Å². The van der Waals surface area contributed by atoms with Crippen LogP contribution in [0.4, 0.5) is 4.39 Å². The van der Waals surface area contributed by atoms with Crippen LogP contribution < -0.4 is 5.32 Å². The average molecular weight is 285 g/mol. The van der Waals surface area contributed by atoms with E-state index in [0.29, 0.717) is 12.0 Å². The van der Waals surface area contributed by atoms with Crippen LogP contribution in [0.2, 0.25) is 0 Å². The fourth-order valence-electron chi connectivity index (χ4n) is 2.48. The zero-order valence-corrected chi connectivity index (χ0v) is 12.9. The Labute approximate surface area is 127 Å². The predicted molar refractivity (Wildman–Crippen MR) is 87.0 cm³/mol. The molecule has 0 saturated heterocycles. The summed E-state index contributed by atoms with van der Waals surface area (Å²) in [5, 5.41) is 3.53. The maximum Gasteiger partial charge on any atom is 0.123 e. The van der Waals surface area contributed by atoms with Gasteiger partial charge in [-0.25, -0.2) is 4.39 Å². The van der Waals surface area contributed by atoms with E-state index in [1.807, 2.05) is 12.1 Å². The van der Waals surface area contributed by atoms with Gasteiger partial charge in [-0.05, 0) is 42.0 Å². The maximum atomic E-state index is 13.0. The highest BCUT2D eigenvalue weighted by Gasteiger charge is 2.12. The lowest BCUT2D eigenvalue weighted by atomic mass is 9.92. The highest BCUT2D eigenvalue weighted by molar-refractivity contribution is 5.21. The highest BCUT2D eigenvalue weighted by Crippen LogP contribution is 2.21. The molecule has 0 radical (unpaired) electrons. The normalized spacial score (nSPS) is 12.6. The van der Waals surface area contributed by atoms with Crippen molar-refractivity contribution in [2.75, 3.05) is 6.54 Å². The van der Waals surface area contributed by atoms with Crippen LogP contribution in [0.3, 0.4) is 0 Å². The molecule has 1 nitrogen and oxygen atoms in total. The molecule has 0 aliphatic carbocycles. The van der Waals surface area contributed by atoms with Crippen LogP contribution in [0.25, 0.3) is 0 Å². The van der Waals surface area contributed by atoms with E-state index in [9.17, 15) is 4.39 Å². The summed E-state index contributed by atoms with van der Waals surface area (Å²) >= 11 is 0. The Hall–Kier alpha value is -1.67. The minimum atomic E-state index is -0.167. The van der Waals surface area contributed by atoms with Crippen LogP contribution in [0, 0.1) is 5.82 Å². The number of hydrogen-bond acceptors (Lipinski definition) is 1. The summed E-state index contributed by atoms with van der Waals surface area (Å²) in [5.41, 5.74) is 2.56. The fourth-order valence-corrected chi connectivity index (χ4v) is 2.48. The van der Waals surface area contributed by atoms with Gasteiger partial charge in [-0.1, -0.05) is 56.3 Å². The summed E-state index contributed by atoms with van der Waals surface area (Å²) in [6.07, 6.45) is 2.04. The molecule has 1 atom stereocenters. The first-order valence-corrected chi connectivity index (χ1v) is 7.68. The van der Waals surface area contributed by atoms with E-state index in [2.05, 4.69) is 49.5 Å². The third-order valence-corrected chi connectivity index (χ3v) is 3.74. The number of benzene rings is 2. The number of halogens is 1. The Morgan fingerprint density at radius 3 is 2.24 bits per heavy atom. The molecule has 1 unspecified atom stereocenters. The van der Waals surface area contributed by atoms with Gasteiger partial charge in [0.15, 0.2) is 0 Å². The van der Waals surface area contributed by atoms with Crippen molar-refractivity contribution in [1.82, 2.24) is 5.32 Å². The Morgan fingerprint density at radius 1 is 0.952 bits per heavy atom. The molecule has 0 spiro atoms. The van der Waals surface area contributed by atoms with Gasteiger partial charge in [0.05, 0.1) is 0 Å². The van der Waals surface area contributed by atoms with Gasteiger partial charge in [0.25, 0.3) is 0 Å². The maximum absolute atomic E-state index is 13.0. The Morgan fingerprint density at radius 2 is 1.62 bits per heavy atom. The SMILES string of the molecule is CC(C)NCC(CCc1ccc(F)cc1)c1ccccc1. The van der Waals surface area contributed by atoms with Crippen molar-refractivity contribution in [3.05, 3.63) is 71.5 Å². The summed E-state index contributed by atoms with van der Waals surface area (Å²) < 4.78 is 13.0. The van der Waals surface area contributed by atoms with Crippen molar-refractivity contribution < 1.29 is 4.39 Å². The topological polar surface area (TPSA) is 12.0 Å². The molecular weight excluding hydrogens is 261 g/mol. The van der Waals surface area contributed by atoms with Gasteiger partial charge in [0.1, 0.15) is 5.82 Å². The number of rotatable bonds is 7. The molecule has 2 aromatic rings. The van der Waals surface area contributed by atoms with Crippen molar-refractivity contribution in [3.63, 3.8) is 0 Å². The van der Waals surface area contributed by atoms with E-state index < -0.39 is 0 Å². The van der Waals surface area contributed by atoms with Crippen molar-refractivity contribution >= 4 is 0 Å². The minimum absolute atomic E-state index is 0.167. The predicted octanol–water partition coefficient (Wildman–Crippen LogP) is 4.54. The van der Waals surface area contributed by atoms with Crippen LogP contribution >= 0.6 is 0 Å². The van der Waals surface area contributed by atoms with Gasteiger partial charge in [-0.3, -0.25) is 0 Å². The highest BCUT2D eigenvalue weighted by atomic mass is 19.1. The van der Waals surface area contributed by atoms with Crippen molar-refractivity contribution in [1.29, 1.82) is 0 Å². The molecule has 2 rings (SSSR count). The Bertz CT molecular complexity index is 519. The van der Waals surface area contributed by atoms with Crippen molar-refractivity contribution in [2.45, 2.75) is 38.6 Å². The van der Waals surface area contributed by atoms with E-state index in [4.69, 9.17) is 0 Å². The van der Waals surface area contributed by atoms with Crippen molar-refractivity contribution in [3.8, 4) is 0 Å². The molecule has 21 heavy (non-hydrogen) atoms. The Balaban J connectivity index is 2.00. The second-order valence-corrected chi connectivity index (χ2v) is 5.84. The van der Waals surface area contributed by atoms with E-state index in [1.54, 1.807) is 12.1 Å². The van der Waals surface area contributed by atoms with Gasteiger partial charge in [0.2, 0.25) is 0 Å². The van der Waals surface area contributed by atoms with E-state index in [-0.39, 0.29) is 5.82 Å². The molecule has 0 heterocycles. The average Bonchev–Trinajstić information content (AvgIpc) is 2.50. The summed E-state index contributed by atoms with van der Waals surface area (Å²) in [4.78, 5) is 0. The van der Waals surface area contributed by atoms with Gasteiger partial charge in [-0.2, -0.15) is 0 Å². The molecule has 0 bridgehead atoms. The molecule has 0 aliphatic rings. The number of hydrogen-bond donors (Lipinski definition) is 1. The summed E-state index contributed by atoms with van der Waals surface area (Å²) in [5.74, 6) is 0.318. The standard InChI is InChI=1S/C19H24FN/c1-15(2)21-14-18(17-6-4-3-5-7-17)11-8-16-9-12-19(20)13-10-16/h3-7,9-10,12-13,15,18,21H,8,11,14H2,1-2H3. The molecule has 2 aromatic carbocycles. The molecule has 2 heteroatoms. The summed E-state index contributed by atoms with van der Waals surface area (Å²) in [6, 6.07) is 18.0. The van der Waals surface area contributed by atoms with E-state index in [1.165, 1.54) is 11.1 Å². The van der Waals surface area contributed by atoms with Gasteiger partial charge in [-0.15, -0.1) is 0 Å². The second kappa shape index (κ2) is 7.94. The lowest BCUT2D eigenvalue weighted by Gasteiger charge is -2.20. The Kier molecular flexibility index (Phi) is 5.94. The van der Waals surface area contributed by atoms with Crippen LogP contribution in [-0.4, -0.2) is 12.6 Å². The van der Waals surface area contributed by atoms with Crippen LogP contribution in [0.5, 0.6) is 0 Å². The second-order valence-electron chi connectivity index (χ2n) is 5.84. The lowest BCUT2D eigenvalue weighted by Crippen LogP contribution is -2.28. The molecule has 0 aliphatic heterocycles. The first-order chi connectivity index (χ1) is 10.1. The molecule has 0 aromatic heterocycles. The third kappa shape index (κ3) is 5.31. The van der Waals surface area contributed by atoms with Gasteiger partial charge >= 0.3 is 0 Å². The van der Waals surface area contributed by atoms with Gasteiger partial charge < -0.3 is 5.32 Å². The van der Waals surface area contributed by atoms with Crippen LogP contribution in [0.1, 0.15) is 37.3 Å². The summed E-state index contributed by atoms with van der Waals surface area (Å²) in [6.45, 7) is 5.31. The molecular formula is C19H24FN. The smallest absolute Gasteiger partial charge is 0.123 e. The van der Waals surface area contributed by atoms with Crippen LogP contribution in [0.15, 0.2) is 54.6 Å². The zero-order valence-electron chi connectivity index (χ0n) is 12.9. The lowest BCUT2D eigenvalue weighted by molar-refractivity contribution is 0.508. The monoisotopic (exact) mass is 285 g/mol. The third-order valence-electron chi connectivity index (χ3n) is 3.74. The minimum Gasteiger partial charge on any atom is -0.314 e. The van der Waals surface area contributed by atoms with E-state index in [0.717, 1.165) is 19.4 Å². The fraction of sp³-hybridized carbons (Fsp3) is 0.368. The first-order valence-electron chi connectivity index (χ1n) is 7.68. The quantitative estimate of drug-likeness (QED) is 0.787. The molecule has 0 saturated carbocycles. The number of aryl methyl sites for hydroxylation is 1. The largest absolute Gasteiger partial charge is 0.314 e. The first kappa shape index (κ1) is 15.7. The molecule has 0 amide bonds. The molecule has 0 fully saturated rings. The molecule has 112 valence electrons. The summed E-state index contributed by atoms with van der Waals surface area (Å²) in [7, 11) is 0.